The minimum Gasteiger partial charge on any atom is -0.481 e. The molecule has 8 nitrogen and oxygen atoms in total. The van der Waals surface area contributed by atoms with Crippen LogP contribution in [0.15, 0.2) is 47.6 Å². The number of nitrogens with one attached hydrogen (secondary N) is 3. The SMILES string of the molecule is COc1ccc(/N=C(/NC#N)NCCCCCCNC(=O)c2ccc(Cl)cc2)cn1. The molecule has 0 aliphatic rings. The van der Waals surface area contributed by atoms with Gasteiger partial charge in [-0.2, -0.15) is 5.26 Å². The number of guanidine groups is 1. The molecule has 0 radical (unpaired) electrons. The van der Waals surface area contributed by atoms with Crippen molar-refractivity contribution in [2.75, 3.05) is 20.2 Å². The van der Waals surface area contributed by atoms with Gasteiger partial charge in [-0.25, -0.2) is 9.98 Å². The van der Waals surface area contributed by atoms with Crippen LogP contribution in [0.2, 0.25) is 5.02 Å². The van der Waals surface area contributed by atoms with E-state index in [2.05, 4.69) is 25.9 Å². The van der Waals surface area contributed by atoms with E-state index in [1.54, 1.807) is 49.7 Å². The normalized spacial score (nSPS) is 10.8. The van der Waals surface area contributed by atoms with Crippen molar-refractivity contribution in [3.63, 3.8) is 0 Å². The number of unbranched alkanes of at least 4 members (excludes halogenated alkanes) is 3. The predicted octanol–water partition coefficient (Wildman–Crippen LogP) is 3.38. The summed E-state index contributed by atoms with van der Waals surface area (Å²) < 4.78 is 5.01. The molecule has 0 saturated heterocycles. The van der Waals surface area contributed by atoms with E-state index < -0.39 is 0 Å². The number of nitrogens with zero attached hydrogens (tertiary/aromatic N) is 3. The lowest BCUT2D eigenvalue weighted by molar-refractivity contribution is 0.0953. The van der Waals surface area contributed by atoms with E-state index in [4.69, 9.17) is 21.6 Å². The monoisotopic (exact) mass is 428 g/mol. The van der Waals surface area contributed by atoms with Crippen LogP contribution in [0.1, 0.15) is 36.0 Å². The Labute approximate surface area is 181 Å². The number of rotatable bonds is 10. The molecule has 30 heavy (non-hydrogen) atoms. The van der Waals surface area contributed by atoms with E-state index in [0.29, 0.717) is 41.2 Å². The molecule has 0 atom stereocenters. The lowest BCUT2D eigenvalue weighted by atomic mass is 10.2. The van der Waals surface area contributed by atoms with Crippen LogP contribution in [-0.4, -0.2) is 37.1 Å². The molecule has 0 spiro atoms. The highest BCUT2D eigenvalue weighted by molar-refractivity contribution is 6.30. The molecule has 2 aromatic rings. The first-order chi connectivity index (χ1) is 14.6. The van der Waals surface area contributed by atoms with Crippen molar-refractivity contribution in [3.05, 3.63) is 53.2 Å². The van der Waals surface area contributed by atoms with E-state index in [9.17, 15) is 4.79 Å². The van der Waals surface area contributed by atoms with Gasteiger partial charge in [0.15, 0.2) is 6.19 Å². The summed E-state index contributed by atoms with van der Waals surface area (Å²) in [6.07, 6.45) is 7.23. The zero-order chi connectivity index (χ0) is 21.6. The molecular formula is C21H25ClN6O2. The Morgan fingerprint density at radius 2 is 1.80 bits per heavy atom. The number of aromatic nitrogens is 1. The fourth-order valence-electron chi connectivity index (χ4n) is 2.57. The molecule has 9 heteroatoms. The molecule has 0 bridgehead atoms. The summed E-state index contributed by atoms with van der Waals surface area (Å²) in [6.45, 7) is 1.30. The highest BCUT2D eigenvalue weighted by Gasteiger charge is 2.04. The van der Waals surface area contributed by atoms with Crippen LogP contribution in [0.5, 0.6) is 5.88 Å². The van der Waals surface area contributed by atoms with Crippen molar-refractivity contribution in [2.24, 2.45) is 4.99 Å². The van der Waals surface area contributed by atoms with E-state index in [-0.39, 0.29) is 5.91 Å². The number of hydrogen-bond acceptors (Lipinski definition) is 5. The van der Waals surface area contributed by atoms with Crippen LogP contribution in [-0.2, 0) is 0 Å². The Kier molecular flexibility index (Phi) is 9.97. The third kappa shape index (κ3) is 8.37. The van der Waals surface area contributed by atoms with Crippen molar-refractivity contribution < 1.29 is 9.53 Å². The summed E-state index contributed by atoms with van der Waals surface area (Å²) in [5.74, 6) is 0.783. The average molecular weight is 429 g/mol. The van der Waals surface area contributed by atoms with Crippen LogP contribution in [0.3, 0.4) is 0 Å². The number of pyridine rings is 1. The third-order valence-corrected chi connectivity index (χ3v) is 4.39. The second-order valence-electron chi connectivity index (χ2n) is 6.36. The Hall–Kier alpha value is -3.31. The van der Waals surface area contributed by atoms with E-state index in [0.717, 1.165) is 25.7 Å². The number of carbonyl (C=O) groups excluding carboxylic acids is 1. The largest absolute Gasteiger partial charge is 0.481 e. The van der Waals surface area contributed by atoms with Gasteiger partial charge in [0, 0.05) is 29.7 Å². The van der Waals surface area contributed by atoms with E-state index in [1.807, 2.05) is 6.19 Å². The van der Waals surface area contributed by atoms with Crippen LogP contribution < -0.4 is 20.7 Å². The van der Waals surface area contributed by atoms with Gasteiger partial charge in [0.05, 0.1) is 19.0 Å². The lowest BCUT2D eigenvalue weighted by Crippen LogP contribution is -2.34. The maximum absolute atomic E-state index is 12.0. The second kappa shape index (κ2) is 13.0. The summed E-state index contributed by atoms with van der Waals surface area (Å²) in [5, 5.41) is 18.0. The quantitative estimate of drug-likeness (QED) is 0.176. The number of amides is 1. The molecule has 158 valence electrons. The molecule has 1 aromatic heterocycles. The fraction of sp³-hybridized carbons (Fsp3) is 0.333. The summed E-state index contributed by atoms with van der Waals surface area (Å²) in [4.78, 5) is 20.4. The number of nitriles is 1. The van der Waals surface area contributed by atoms with Crippen molar-refractivity contribution >= 4 is 29.2 Å². The van der Waals surface area contributed by atoms with Crippen LogP contribution in [0, 0.1) is 11.5 Å². The van der Waals surface area contributed by atoms with Crippen molar-refractivity contribution in [2.45, 2.75) is 25.7 Å². The smallest absolute Gasteiger partial charge is 0.251 e. The number of hydrogen-bond donors (Lipinski definition) is 3. The highest BCUT2D eigenvalue weighted by atomic mass is 35.5. The van der Waals surface area contributed by atoms with Crippen molar-refractivity contribution in [1.29, 1.82) is 5.26 Å². The minimum absolute atomic E-state index is 0.0928. The van der Waals surface area contributed by atoms with Crippen LogP contribution in [0.4, 0.5) is 5.69 Å². The first-order valence-corrected chi connectivity index (χ1v) is 10.0. The summed E-state index contributed by atoms with van der Waals surface area (Å²) in [7, 11) is 1.54. The molecule has 1 aromatic carbocycles. The van der Waals surface area contributed by atoms with Crippen LogP contribution >= 0.6 is 11.6 Å². The predicted molar refractivity (Wildman–Crippen MR) is 117 cm³/mol. The standard InChI is InChI=1S/C21H25ClN6O2/c1-30-19-11-10-18(14-26-19)28-21(27-15-23)25-13-5-3-2-4-12-24-20(29)16-6-8-17(22)9-7-16/h6-11,14H,2-5,12-13H2,1H3,(H,24,29)(H2,25,27,28). The summed E-state index contributed by atoms with van der Waals surface area (Å²) in [6, 6.07) is 10.3. The maximum Gasteiger partial charge on any atom is 0.251 e. The number of halogens is 1. The van der Waals surface area contributed by atoms with Gasteiger partial charge < -0.3 is 15.4 Å². The molecule has 0 unspecified atom stereocenters. The third-order valence-electron chi connectivity index (χ3n) is 4.13. The Bertz CT molecular complexity index is 863. The molecule has 0 aliphatic heterocycles. The highest BCUT2D eigenvalue weighted by Crippen LogP contribution is 2.13. The summed E-state index contributed by atoms with van der Waals surface area (Å²) >= 11 is 5.82. The second-order valence-corrected chi connectivity index (χ2v) is 6.80. The van der Waals surface area contributed by atoms with Gasteiger partial charge in [-0.1, -0.05) is 24.4 Å². The van der Waals surface area contributed by atoms with Crippen LogP contribution in [0.25, 0.3) is 0 Å². The van der Waals surface area contributed by atoms with Crippen molar-refractivity contribution in [3.8, 4) is 12.1 Å². The molecule has 1 heterocycles. The zero-order valence-corrected chi connectivity index (χ0v) is 17.6. The maximum atomic E-state index is 12.0. The van der Waals surface area contributed by atoms with Gasteiger partial charge in [-0.3, -0.25) is 10.1 Å². The van der Waals surface area contributed by atoms with Gasteiger partial charge in [0.25, 0.3) is 5.91 Å². The number of ether oxygens (including phenoxy) is 1. The number of carbonyl (C=O) groups is 1. The molecule has 0 aliphatic carbocycles. The molecular weight excluding hydrogens is 404 g/mol. The topological polar surface area (TPSA) is 111 Å². The number of aliphatic imine (C=N–C) groups is 1. The first-order valence-electron chi connectivity index (χ1n) is 9.64. The van der Waals surface area contributed by atoms with E-state index >= 15 is 0 Å². The van der Waals surface area contributed by atoms with Gasteiger partial charge in [-0.15, -0.1) is 0 Å². The van der Waals surface area contributed by atoms with Gasteiger partial charge in [-0.05, 0) is 43.2 Å². The molecule has 1 amide bonds. The minimum atomic E-state index is -0.0928. The van der Waals surface area contributed by atoms with E-state index in [1.165, 1.54) is 0 Å². The fourth-order valence-corrected chi connectivity index (χ4v) is 2.69. The number of benzene rings is 1. The number of methoxy groups -OCH3 is 1. The van der Waals surface area contributed by atoms with Gasteiger partial charge >= 0.3 is 0 Å². The molecule has 0 fully saturated rings. The van der Waals surface area contributed by atoms with Gasteiger partial charge in [0.1, 0.15) is 0 Å². The summed E-state index contributed by atoms with van der Waals surface area (Å²) in [5.41, 5.74) is 1.21. The van der Waals surface area contributed by atoms with Crippen molar-refractivity contribution in [1.82, 2.24) is 20.9 Å². The average Bonchev–Trinajstić information content (AvgIpc) is 2.76. The molecule has 2 rings (SSSR count). The molecule has 0 saturated carbocycles. The molecule has 3 N–H and O–H groups in total. The van der Waals surface area contributed by atoms with Gasteiger partial charge in [0.2, 0.25) is 11.8 Å². The zero-order valence-electron chi connectivity index (χ0n) is 16.8. The Morgan fingerprint density at radius 3 is 2.40 bits per heavy atom. The Morgan fingerprint density at radius 1 is 1.10 bits per heavy atom. The first kappa shape index (κ1) is 23.0. The Balaban J connectivity index is 1.62. The lowest BCUT2D eigenvalue weighted by Gasteiger charge is -2.08.